The highest BCUT2D eigenvalue weighted by Crippen LogP contribution is 2.26. The van der Waals surface area contributed by atoms with Crippen LogP contribution in [0.5, 0.6) is 5.75 Å². The monoisotopic (exact) mass is 383 g/mol. The number of sulfone groups is 1. The standard InChI is InChI=1S/C21H21NO4S/c1-14(15-7-8-17-12-19(26-2)10-9-16(17)11-15)21(23)22-18-5-4-6-20(13-18)27(3,24)25/h4-14H,1-3H3,(H,22,23). The molecule has 1 amide bonds. The van der Waals surface area contributed by atoms with Gasteiger partial charge in [0.05, 0.1) is 17.9 Å². The van der Waals surface area contributed by atoms with Crippen molar-refractivity contribution in [1.29, 1.82) is 0 Å². The molecule has 0 saturated heterocycles. The number of anilines is 1. The Labute approximate surface area is 158 Å². The Kier molecular flexibility index (Phi) is 5.19. The summed E-state index contributed by atoms with van der Waals surface area (Å²) in [5, 5.41) is 4.85. The van der Waals surface area contributed by atoms with Crippen LogP contribution in [0.1, 0.15) is 18.4 Å². The fourth-order valence-corrected chi connectivity index (χ4v) is 3.51. The number of nitrogens with one attached hydrogen (secondary N) is 1. The Morgan fingerprint density at radius 2 is 1.70 bits per heavy atom. The van der Waals surface area contributed by atoms with Gasteiger partial charge in [-0.3, -0.25) is 4.79 Å². The van der Waals surface area contributed by atoms with E-state index in [0.717, 1.165) is 28.3 Å². The van der Waals surface area contributed by atoms with Gasteiger partial charge in [0.15, 0.2) is 9.84 Å². The van der Waals surface area contributed by atoms with Crippen LogP contribution in [0.4, 0.5) is 5.69 Å². The van der Waals surface area contributed by atoms with Gasteiger partial charge in [0.1, 0.15) is 5.75 Å². The molecule has 0 bridgehead atoms. The number of ether oxygens (including phenoxy) is 1. The second-order valence-electron chi connectivity index (χ2n) is 6.48. The molecule has 3 aromatic rings. The second kappa shape index (κ2) is 7.40. The number of hydrogen-bond donors (Lipinski definition) is 1. The van der Waals surface area contributed by atoms with Gasteiger partial charge in [-0.05, 0) is 53.6 Å². The van der Waals surface area contributed by atoms with Crippen LogP contribution < -0.4 is 10.1 Å². The number of hydrogen-bond acceptors (Lipinski definition) is 4. The van der Waals surface area contributed by atoms with Crippen molar-refractivity contribution in [2.75, 3.05) is 18.7 Å². The maximum absolute atomic E-state index is 12.6. The van der Waals surface area contributed by atoms with Gasteiger partial charge in [-0.2, -0.15) is 0 Å². The molecule has 0 saturated carbocycles. The van der Waals surface area contributed by atoms with Crippen molar-refractivity contribution in [1.82, 2.24) is 0 Å². The maximum Gasteiger partial charge on any atom is 0.231 e. The summed E-state index contributed by atoms with van der Waals surface area (Å²) >= 11 is 0. The van der Waals surface area contributed by atoms with Gasteiger partial charge < -0.3 is 10.1 Å². The number of carbonyl (C=O) groups is 1. The van der Waals surface area contributed by atoms with Gasteiger partial charge in [0.2, 0.25) is 5.91 Å². The SMILES string of the molecule is COc1ccc2cc(C(C)C(=O)Nc3cccc(S(C)(=O)=O)c3)ccc2c1. The molecule has 0 aromatic heterocycles. The maximum atomic E-state index is 12.6. The van der Waals surface area contributed by atoms with Gasteiger partial charge in [-0.15, -0.1) is 0 Å². The number of rotatable bonds is 5. The van der Waals surface area contributed by atoms with Crippen molar-refractivity contribution < 1.29 is 17.9 Å². The van der Waals surface area contributed by atoms with E-state index in [9.17, 15) is 13.2 Å². The molecule has 140 valence electrons. The van der Waals surface area contributed by atoms with Crippen molar-refractivity contribution in [2.45, 2.75) is 17.7 Å². The molecule has 0 fully saturated rings. The largest absolute Gasteiger partial charge is 0.497 e. The van der Waals surface area contributed by atoms with E-state index in [2.05, 4.69) is 5.32 Å². The highest BCUT2D eigenvalue weighted by atomic mass is 32.2. The van der Waals surface area contributed by atoms with Crippen molar-refractivity contribution in [3.05, 3.63) is 66.2 Å². The van der Waals surface area contributed by atoms with Crippen LogP contribution >= 0.6 is 0 Å². The van der Waals surface area contributed by atoms with E-state index in [1.165, 1.54) is 12.1 Å². The lowest BCUT2D eigenvalue weighted by Crippen LogP contribution is -2.19. The van der Waals surface area contributed by atoms with E-state index in [1.54, 1.807) is 19.2 Å². The third-order valence-corrected chi connectivity index (χ3v) is 5.60. The fourth-order valence-electron chi connectivity index (χ4n) is 2.84. The molecule has 3 rings (SSSR count). The Morgan fingerprint density at radius 1 is 1.00 bits per heavy atom. The van der Waals surface area contributed by atoms with E-state index < -0.39 is 15.8 Å². The molecule has 1 unspecified atom stereocenters. The number of amides is 1. The van der Waals surface area contributed by atoms with Crippen LogP contribution in [0.25, 0.3) is 10.8 Å². The molecule has 0 spiro atoms. The van der Waals surface area contributed by atoms with Crippen molar-refractivity contribution >= 4 is 32.2 Å². The molecule has 0 aliphatic carbocycles. The second-order valence-corrected chi connectivity index (χ2v) is 8.50. The first kappa shape index (κ1) is 18.9. The van der Waals surface area contributed by atoms with E-state index >= 15 is 0 Å². The Bertz CT molecular complexity index is 1110. The molecule has 6 heteroatoms. The summed E-state index contributed by atoms with van der Waals surface area (Å²) in [6, 6.07) is 17.9. The molecule has 5 nitrogen and oxygen atoms in total. The summed E-state index contributed by atoms with van der Waals surface area (Å²) in [6.45, 7) is 1.82. The summed E-state index contributed by atoms with van der Waals surface area (Å²) < 4.78 is 28.6. The highest BCUT2D eigenvalue weighted by molar-refractivity contribution is 7.90. The molecule has 0 heterocycles. The number of methoxy groups -OCH3 is 1. The Hall–Kier alpha value is -2.86. The summed E-state index contributed by atoms with van der Waals surface area (Å²) in [5.74, 6) is 0.193. The normalized spacial score (nSPS) is 12.6. The zero-order valence-electron chi connectivity index (χ0n) is 15.4. The van der Waals surface area contributed by atoms with Gasteiger partial charge >= 0.3 is 0 Å². The average molecular weight is 383 g/mol. The van der Waals surface area contributed by atoms with Crippen molar-refractivity contribution in [3.63, 3.8) is 0 Å². The summed E-state index contributed by atoms with van der Waals surface area (Å²) in [4.78, 5) is 12.8. The third kappa shape index (κ3) is 4.28. The summed E-state index contributed by atoms with van der Waals surface area (Å²) in [5.41, 5.74) is 1.34. The molecule has 0 aliphatic rings. The topological polar surface area (TPSA) is 72.5 Å². The third-order valence-electron chi connectivity index (χ3n) is 4.49. The zero-order chi connectivity index (χ0) is 19.6. The van der Waals surface area contributed by atoms with E-state index in [4.69, 9.17) is 4.74 Å². The number of benzene rings is 3. The predicted molar refractivity (Wildman–Crippen MR) is 107 cm³/mol. The number of fused-ring (bicyclic) bond motifs is 1. The molecule has 3 aromatic carbocycles. The van der Waals surface area contributed by atoms with E-state index in [-0.39, 0.29) is 10.8 Å². The summed E-state index contributed by atoms with van der Waals surface area (Å²) in [6.07, 6.45) is 1.14. The average Bonchev–Trinajstić information content (AvgIpc) is 2.66. The minimum absolute atomic E-state index is 0.174. The lowest BCUT2D eigenvalue weighted by molar-refractivity contribution is -0.117. The van der Waals surface area contributed by atoms with Crippen LogP contribution in [-0.4, -0.2) is 27.7 Å². The van der Waals surface area contributed by atoms with Crippen molar-refractivity contribution in [2.24, 2.45) is 0 Å². The molecule has 1 atom stereocenters. The molecule has 1 N–H and O–H groups in total. The molecular formula is C21H21NO4S. The first-order valence-corrected chi connectivity index (χ1v) is 10.4. The van der Waals surface area contributed by atoms with Crippen LogP contribution in [0.2, 0.25) is 0 Å². The highest BCUT2D eigenvalue weighted by Gasteiger charge is 2.17. The molecule has 0 radical (unpaired) electrons. The molecule has 27 heavy (non-hydrogen) atoms. The van der Waals surface area contributed by atoms with Gasteiger partial charge in [0.25, 0.3) is 0 Å². The lowest BCUT2D eigenvalue weighted by atomic mass is 9.97. The van der Waals surface area contributed by atoms with Crippen LogP contribution in [-0.2, 0) is 14.6 Å². The molecule has 0 aliphatic heterocycles. The smallest absolute Gasteiger partial charge is 0.231 e. The van der Waals surface area contributed by atoms with Gasteiger partial charge in [0, 0.05) is 11.9 Å². The predicted octanol–water partition coefficient (Wildman–Crippen LogP) is 3.99. The Balaban J connectivity index is 1.82. The first-order valence-electron chi connectivity index (χ1n) is 8.46. The van der Waals surface area contributed by atoms with Gasteiger partial charge in [-0.1, -0.05) is 30.3 Å². The lowest BCUT2D eigenvalue weighted by Gasteiger charge is -2.14. The first-order chi connectivity index (χ1) is 12.8. The van der Waals surface area contributed by atoms with Gasteiger partial charge in [-0.25, -0.2) is 8.42 Å². The van der Waals surface area contributed by atoms with Crippen molar-refractivity contribution in [3.8, 4) is 5.75 Å². The minimum Gasteiger partial charge on any atom is -0.497 e. The quantitative estimate of drug-likeness (QED) is 0.723. The number of carbonyl (C=O) groups excluding carboxylic acids is 1. The van der Waals surface area contributed by atoms with Crippen LogP contribution in [0.3, 0.4) is 0 Å². The van der Waals surface area contributed by atoms with E-state index in [1.807, 2.05) is 43.3 Å². The van der Waals surface area contributed by atoms with Crippen LogP contribution in [0, 0.1) is 0 Å². The fraction of sp³-hybridized carbons (Fsp3) is 0.190. The Morgan fingerprint density at radius 3 is 2.41 bits per heavy atom. The van der Waals surface area contributed by atoms with E-state index in [0.29, 0.717) is 5.69 Å². The van der Waals surface area contributed by atoms with Crippen LogP contribution in [0.15, 0.2) is 65.6 Å². The molecular weight excluding hydrogens is 362 g/mol. The summed E-state index contributed by atoms with van der Waals surface area (Å²) in [7, 11) is -1.70. The zero-order valence-corrected chi connectivity index (χ0v) is 16.2. The minimum atomic E-state index is -3.33.